The zero-order valence-electron chi connectivity index (χ0n) is 28.8. The second kappa shape index (κ2) is 14.7. The number of aliphatic carboxylic acids is 1. The number of carbonyl (C=O) groups excluding carboxylic acids is 3. The van der Waals surface area contributed by atoms with Gasteiger partial charge >= 0.3 is 12.1 Å². The van der Waals surface area contributed by atoms with Crippen LogP contribution in [0.1, 0.15) is 66.2 Å². The number of hydrogen-bond donors (Lipinski definition) is 3. The van der Waals surface area contributed by atoms with Crippen molar-refractivity contribution in [3.63, 3.8) is 0 Å². The molecule has 0 radical (unpaired) electrons. The van der Waals surface area contributed by atoms with Gasteiger partial charge in [-0.2, -0.15) is 11.8 Å². The number of amides is 3. The molecule has 268 valence electrons. The monoisotopic (exact) mass is 723 g/mol. The van der Waals surface area contributed by atoms with E-state index in [1.54, 1.807) is 32.5 Å². The standard InChI is InChI=1S/C36H45N5O7S2/c1-21-10-7-15-49-16-8-11-22-19-36(22,33(44)45)40-30(42)26-18-23(20-41(26)32(43)28(21)39-34(46)48-35(2,3)4)47-31-29(27-14-9-17-50-27)37-24-12-5-6-13-25(24)38-31/h5-6,9,12-14,17,21-23,26,28H,7-8,10-11,15-16,18-20H2,1-4H3,(H,39,46)(H,40,42)(H,44,45)/t21?,22?,23-,26+,28+,36?/m1/s1. The lowest BCUT2D eigenvalue weighted by Crippen LogP contribution is -2.58. The van der Waals surface area contributed by atoms with Crippen LogP contribution in [0, 0.1) is 11.8 Å². The van der Waals surface area contributed by atoms with Crippen LogP contribution >= 0.6 is 23.1 Å². The number of aromatic nitrogens is 2. The van der Waals surface area contributed by atoms with Gasteiger partial charge in [-0.25, -0.2) is 19.6 Å². The van der Waals surface area contributed by atoms with Gasteiger partial charge in [0.05, 0.1) is 22.5 Å². The molecule has 50 heavy (non-hydrogen) atoms. The highest BCUT2D eigenvalue weighted by Gasteiger charge is 2.62. The number of ether oxygens (including phenoxy) is 2. The maximum atomic E-state index is 14.6. The molecule has 1 saturated carbocycles. The van der Waals surface area contributed by atoms with Gasteiger partial charge in [0.15, 0.2) is 0 Å². The highest BCUT2D eigenvalue weighted by Crippen LogP contribution is 2.47. The van der Waals surface area contributed by atoms with E-state index in [2.05, 4.69) is 10.6 Å². The van der Waals surface area contributed by atoms with Gasteiger partial charge < -0.3 is 30.1 Å². The molecule has 6 atom stereocenters. The number of para-hydroxylation sites is 2. The van der Waals surface area contributed by atoms with Gasteiger partial charge in [-0.1, -0.05) is 25.1 Å². The average molecular weight is 724 g/mol. The van der Waals surface area contributed by atoms with E-state index >= 15 is 0 Å². The molecule has 2 aliphatic heterocycles. The number of carbonyl (C=O) groups is 4. The minimum atomic E-state index is -1.37. The number of thioether (sulfide) groups is 1. The first-order chi connectivity index (χ1) is 23.8. The summed E-state index contributed by atoms with van der Waals surface area (Å²) in [5.41, 5.74) is -0.264. The molecule has 3 aliphatic rings. The van der Waals surface area contributed by atoms with Crippen molar-refractivity contribution in [2.45, 2.75) is 95.5 Å². The predicted molar refractivity (Wildman–Crippen MR) is 192 cm³/mol. The Kier molecular flexibility index (Phi) is 10.6. The van der Waals surface area contributed by atoms with Crippen molar-refractivity contribution in [2.24, 2.45) is 11.8 Å². The molecule has 0 bridgehead atoms. The van der Waals surface area contributed by atoms with Crippen LogP contribution in [0.25, 0.3) is 21.6 Å². The van der Waals surface area contributed by atoms with E-state index in [0.717, 1.165) is 29.2 Å². The van der Waals surface area contributed by atoms with Crippen molar-refractivity contribution >= 4 is 58.0 Å². The Labute approximate surface area is 300 Å². The Morgan fingerprint density at radius 2 is 1.78 bits per heavy atom. The quantitative estimate of drug-likeness (QED) is 0.307. The minimum absolute atomic E-state index is 0.0217. The summed E-state index contributed by atoms with van der Waals surface area (Å²) in [6.45, 7) is 7.19. The molecule has 3 unspecified atom stereocenters. The number of carboxylic acids is 1. The number of rotatable bonds is 5. The average Bonchev–Trinajstić information content (AvgIpc) is 3.37. The lowest BCUT2D eigenvalue weighted by atomic mass is 9.95. The van der Waals surface area contributed by atoms with Crippen molar-refractivity contribution in [3.8, 4) is 16.5 Å². The Balaban J connectivity index is 1.34. The normalized spacial score (nSPS) is 27.9. The van der Waals surface area contributed by atoms with Gasteiger partial charge in [0.2, 0.25) is 17.7 Å². The van der Waals surface area contributed by atoms with Crippen molar-refractivity contribution in [1.82, 2.24) is 25.5 Å². The first kappa shape index (κ1) is 35.9. The molecule has 0 spiro atoms. The number of fused-ring (bicyclic) bond motifs is 3. The molecule has 12 nitrogen and oxygen atoms in total. The number of nitrogens with one attached hydrogen (secondary N) is 2. The molecule has 1 aliphatic carbocycles. The number of carboxylic acid groups (broad SMARTS) is 1. The number of nitrogens with zero attached hydrogens (tertiary/aromatic N) is 3. The van der Waals surface area contributed by atoms with Gasteiger partial charge in [-0.3, -0.25) is 9.59 Å². The summed E-state index contributed by atoms with van der Waals surface area (Å²) < 4.78 is 12.1. The minimum Gasteiger partial charge on any atom is -0.479 e. The summed E-state index contributed by atoms with van der Waals surface area (Å²) in [4.78, 5) is 66.3. The second-order valence-electron chi connectivity index (χ2n) is 14.5. The third kappa shape index (κ3) is 8.01. The Morgan fingerprint density at radius 1 is 1.06 bits per heavy atom. The molecule has 4 heterocycles. The fourth-order valence-corrected chi connectivity index (χ4v) is 8.54. The molecule has 2 aromatic heterocycles. The van der Waals surface area contributed by atoms with E-state index < -0.39 is 53.2 Å². The molecular weight excluding hydrogens is 679 g/mol. The molecular formula is C36H45N5O7S2. The Morgan fingerprint density at radius 3 is 2.46 bits per heavy atom. The van der Waals surface area contributed by atoms with E-state index in [0.29, 0.717) is 36.0 Å². The third-order valence-electron chi connectivity index (χ3n) is 9.55. The lowest BCUT2D eigenvalue weighted by molar-refractivity contribution is -0.146. The molecule has 6 rings (SSSR count). The molecule has 3 fully saturated rings. The predicted octanol–water partition coefficient (Wildman–Crippen LogP) is 5.50. The summed E-state index contributed by atoms with van der Waals surface area (Å²) in [5.74, 6) is -0.491. The van der Waals surface area contributed by atoms with Crippen LogP contribution < -0.4 is 15.4 Å². The third-order valence-corrected chi connectivity index (χ3v) is 11.6. The van der Waals surface area contributed by atoms with Gasteiger partial charge in [-0.15, -0.1) is 11.3 Å². The van der Waals surface area contributed by atoms with Crippen LogP contribution in [-0.4, -0.2) is 91.2 Å². The summed E-state index contributed by atoms with van der Waals surface area (Å²) in [7, 11) is 0. The first-order valence-electron chi connectivity index (χ1n) is 17.2. The van der Waals surface area contributed by atoms with E-state index in [9.17, 15) is 24.3 Å². The zero-order chi connectivity index (χ0) is 35.6. The van der Waals surface area contributed by atoms with Gasteiger partial charge in [0.1, 0.15) is 35.0 Å². The first-order valence-corrected chi connectivity index (χ1v) is 19.3. The fourth-order valence-electron chi connectivity index (χ4n) is 6.89. The van der Waals surface area contributed by atoms with Crippen LogP contribution in [0.5, 0.6) is 5.88 Å². The number of hydrogen-bond acceptors (Lipinski definition) is 10. The number of thiophene rings is 1. The van der Waals surface area contributed by atoms with Crippen LogP contribution in [-0.2, 0) is 19.1 Å². The van der Waals surface area contributed by atoms with E-state index in [1.165, 1.54) is 16.2 Å². The molecule has 3 aromatic rings. The highest BCUT2D eigenvalue weighted by molar-refractivity contribution is 7.99. The fraction of sp³-hybridized carbons (Fsp3) is 0.556. The van der Waals surface area contributed by atoms with E-state index in [4.69, 9.17) is 19.4 Å². The van der Waals surface area contributed by atoms with Crippen molar-refractivity contribution in [3.05, 3.63) is 41.8 Å². The van der Waals surface area contributed by atoms with Crippen LogP contribution in [0.4, 0.5) is 4.79 Å². The topological polar surface area (TPSA) is 160 Å². The molecule has 3 N–H and O–H groups in total. The summed E-state index contributed by atoms with van der Waals surface area (Å²) in [5, 5.41) is 17.9. The van der Waals surface area contributed by atoms with E-state index in [-0.39, 0.29) is 30.7 Å². The molecule has 2 saturated heterocycles. The Bertz CT molecular complexity index is 1730. The van der Waals surface area contributed by atoms with Crippen molar-refractivity contribution < 1.29 is 33.8 Å². The summed E-state index contributed by atoms with van der Waals surface area (Å²) >= 11 is 3.29. The molecule has 1 aromatic carbocycles. The molecule has 3 amide bonds. The summed E-state index contributed by atoms with van der Waals surface area (Å²) in [6, 6.07) is 9.29. The second-order valence-corrected chi connectivity index (χ2v) is 16.7. The zero-order valence-corrected chi connectivity index (χ0v) is 30.5. The maximum absolute atomic E-state index is 14.6. The van der Waals surface area contributed by atoms with E-state index in [1.807, 2.05) is 48.7 Å². The number of alkyl carbamates (subject to hydrolysis) is 1. The van der Waals surface area contributed by atoms with Gasteiger partial charge in [-0.05, 0) is 99.8 Å². The van der Waals surface area contributed by atoms with Crippen LogP contribution in [0.2, 0.25) is 0 Å². The smallest absolute Gasteiger partial charge is 0.408 e. The van der Waals surface area contributed by atoms with Crippen molar-refractivity contribution in [1.29, 1.82) is 0 Å². The lowest BCUT2D eigenvalue weighted by Gasteiger charge is -2.32. The highest BCUT2D eigenvalue weighted by atomic mass is 32.2. The Hall–Kier alpha value is -3.91. The van der Waals surface area contributed by atoms with Crippen LogP contribution in [0.3, 0.4) is 0 Å². The summed E-state index contributed by atoms with van der Waals surface area (Å²) in [6.07, 6.45) is 2.09. The van der Waals surface area contributed by atoms with Gasteiger partial charge in [0, 0.05) is 6.42 Å². The van der Waals surface area contributed by atoms with Crippen LogP contribution in [0.15, 0.2) is 41.8 Å². The maximum Gasteiger partial charge on any atom is 0.408 e. The SMILES string of the molecule is CC1CCCSCCCC2CC2(C(=O)O)NC(=O)[C@@H]2C[C@@H](Oc3nc4ccccc4nc3-c3cccs3)CN2C(=O)[C@H]1NC(=O)OC(C)(C)C. The van der Waals surface area contributed by atoms with Crippen molar-refractivity contribution in [2.75, 3.05) is 18.1 Å². The number of benzene rings is 1. The van der Waals surface area contributed by atoms with Gasteiger partial charge in [0.25, 0.3) is 0 Å². The molecule has 14 heteroatoms. The largest absolute Gasteiger partial charge is 0.479 e.